The summed E-state index contributed by atoms with van der Waals surface area (Å²) in [6, 6.07) is 31.5. The van der Waals surface area contributed by atoms with Crippen LogP contribution in [0.4, 0.5) is 0 Å². The molecule has 1 aromatic heterocycles. The molecule has 0 saturated heterocycles. The smallest absolute Gasteiger partial charge is 0.134 e. The average molecular weight is 327 g/mol. The Labute approximate surface area is 148 Å². The summed E-state index contributed by atoms with van der Waals surface area (Å²) in [5.41, 5.74) is 3.58. The van der Waals surface area contributed by atoms with Crippen LogP contribution in [0.2, 0.25) is 0 Å². The topological polar surface area (TPSA) is 16.4 Å². The van der Waals surface area contributed by atoms with Gasteiger partial charge in [0.15, 0.2) is 0 Å². The molecule has 4 aromatic rings. The molecule has 124 valence electrons. The Morgan fingerprint density at radius 2 is 1.16 bits per heavy atom. The average Bonchev–Trinajstić information content (AvgIpc) is 3.05. The first-order valence-corrected chi connectivity index (χ1v) is 8.64. The number of nitrogens with zero attached hydrogens (tertiary/aromatic N) is 1. The number of para-hydroxylation sites is 1. The minimum atomic E-state index is 0.790. The Morgan fingerprint density at radius 3 is 1.76 bits per heavy atom. The maximum Gasteiger partial charge on any atom is 0.134 e. The molecule has 2 nitrogen and oxygen atoms in total. The van der Waals surface area contributed by atoms with Crippen molar-refractivity contribution < 1.29 is 4.42 Å². The summed E-state index contributed by atoms with van der Waals surface area (Å²) in [5.74, 6) is 1.01. The van der Waals surface area contributed by atoms with Gasteiger partial charge in [0.05, 0.1) is 6.54 Å². The molecule has 1 heterocycles. The minimum Gasteiger partial charge on any atom is -0.460 e. The molecule has 0 atom stereocenters. The van der Waals surface area contributed by atoms with Crippen LogP contribution in [0.1, 0.15) is 16.9 Å². The van der Waals surface area contributed by atoms with Gasteiger partial charge in [-0.25, -0.2) is 0 Å². The number of fused-ring (bicyclic) bond motifs is 1. The zero-order valence-electron chi connectivity index (χ0n) is 14.1. The lowest BCUT2D eigenvalue weighted by atomic mass is 10.1. The summed E-state index contributed by atoms with van der Waals surface area (Å²) in [6.07, 6.45) is 0. The van der Waals surface area contributed by atoms with Gasteiger partial charge in [-0.15, -0.1) is 0 Å². The third-order valence-electron chi connectivity index (χ3n) is 4.35. The standard InChI is InChI=1S/C23H21NO/c1-3-9-19(10-4-1)16-24(17-20-11-5-2-6-12-20)18-22-15-21-13-7-8-14-23(21)25-22/h1-15H,16-18H2. The highest BCUT2D eigenvalue weighted by atomic mass is 16.3. The second-order valence-electron chi connectivity index (χ2n) is 6.37. The van der Waals surface area contributed by atoms with Crippen LogP contribution in [-0.4, -0.2) is 4.90 Å². The van der Waals surface area contributed by atoms with Crippen molar-refractivity contribution in [2.75, 3.05) is 0 Å². The molecule has 0 spiro atoms. The van der Waals surface area contributed by atoms with Gasteiger partial charge in [0.2, 0.25) is 0 Å². The van der Waals surface area contributed by atoms with Gasteiger partial charge in [-0.05, 0) is 23.3 Å². The van der Waals surface area contributed by atoms with E-state index in [1.807, 2.05) is 18.2 Å². The molecule has 0 fully saturated rings. The fourth-order valence-corrected chi connectivity index (χ4v) is 3.19. The number of rotatable bonds is 6. The van der Waals surface area contributed by atoms with Crippen molar-refractivity contribution >= 4 is 11.0 Å². The third kappa shape index (κ3) is 3.98. The van der Waals surface area contributed by atoms with Crippen LogP contribution in [0.3, 0.4) is 0 Å². The molecule has 0 amide bonds. The largest absolute Gasteiger partial charge is 0.460 e. The molecular formula is C23H21NO. The van der Waals surface area contributed by atoms with Crippen LogP contribution < -0.4 is 0 Å². The van der Waals surface area contributed by atoms with Crippen molar-refractivity contribution in [2.24, 2.45) is 0 Å². The van der Waals surface area contributed by atoms with E-state index in [4.69, 9.17) is 4.42 Å². The van der Waals surface area contributed by atoms with E-state index in [9.17, 15) is 0 Å². The summed E-state index contributed by atoms with van der Waals surface area (Å²) in [7, 11) is 0. The second kappa shape index (κ2) is 7.37. The van der Waals surface area contributed by atoms with Crippen LogP contribution in [0.15, 0.2) is 95.4 Å². The normalized spacial score (nSPS) is 11.2. The van der Waals surface area contributed by atoms with E-state index < -0.39 is 0 Å². The van der Waals surface area contributed by atoms with E-state index in [-0.39, 0.29) is 0 Å². The van der Waals surface area contributed by atoms with Gasteiger partial charge < -0.3 is 4.42 Å². The van der Waals surface area contributed by atoms with Crippen molar-refractivity contribution in [3.05, 3.63) is 108 Å². The summed E-state index contributed by atoms with van der Waals surface area (Å²) >= 11 is 0. The van der Waals surface area contributed by atoms with Gasteiger partial charge in [-0.2, -0.15) is 0 Å². The van der Waals surface area contributed by atoms with Crippen LogP contribution in [0.5, 0.6) is 0 Å². The summed E-state index contributed by atoms with van der Waals surface area (Å²) in [5, 5.41) is 1.16. The third-order valence-corrected chi connectivity index (χ3v) is 4.35. The lowest BCUT2D eigenvalue weighted by Gasteiger charge is -2.21. The molecule has 4 rings (SSSR count). The molecule has 0 aliphatic rings. The number of hydrogen-bond acceptors (Lipinski definition) is 2. The fraction of sp³-hybridized carbons (Fsp3) is 0.130. The molecule has 25 heavy (non-hydrogen) atoms. The Morgan fingerprint density at radius 1 is 0.600 bits per heavy atom. The first kappa shape index (κ1) is 15.7. The predicted molar refractivity (Wildman–Crippen MR) is 102 cm³/mol. The molecule has 3 aromatic carbocycles. The highest BCUT2D eigenvalue weighted by Gasteiger charge is 2.11. The molecular weight excluding hydrogens is 306 g/mol. The molecule has 0 N–H and O–H groups in total. The van der Waals surface area contributed by atoms with E-state index in [0.717, 1.165) is 36.4 Å². The van der Waals surface area contributed by atoms with Crippen molar-refractivity contribution in [1.29, 1.82) is 0 Å². The predicted octanol–water partition coefficient (Wildman–Crippen LogP) is 5.64. The fourth-order valence-electron chi connectivity index (χ4n) is 3.19. The number of furan rings is 1. The summed E-state index contributed by atoms with van der Waals surface area (Å²) in [4.78, 5) is 2.42. The lowest BCUT2D eigenvalue weighted by molar-refractivity contribution is 0.229. The van der Waals surface area contributed by atoms with E-state index in [1.54, 1.807) is 0 Å². The van der Waals surface area contributed by atoms with E-state index in [1.165, 1.54) is 11.1 Å². The van der Waals surface area contributed by atoms with Crippen molar-refractivity contribution in [2.45, 2.75) is 19.6 Å². The SMILES string of the molecule is c1ccc(CN(Cc2ccccc2)Cc2cc3ccccc3o2)cc1. The van der Waals surface area contributed by atoms with Crippen LogP contribution in [0.25, 0.3) is 11.0 Å². The number of benzene rings is 3. The summed E-state index contributed by atoms with van der Waals surface area (Å²) < 4.78 is 6.03. The first-order chi connectivity index (χ1) is 12.4. The van der Waals surface area contributed by atoms with Crippen molar-refractivity contribution in [3.8, 4) is 0 Å². The Bertz CT molecular complexity index is 853. The van der Waals surface area contributed by atoms with E-state index in [0.29, 0.717) is 0 Å². The highest BCUT2D eigenvalue weighted by Crippen LogP contribution is 2.21. The molecule has 0 bridgehead atoms. The Hall–Kier alpha value is -2.84. The Kier molecular flexibility index (Phi) is 4.62. The number of hydrogen-bond donors (Lipinski definition) is 0. The van der Waals surface area contributed by atoms with Crippen molar-refractivity contribution in [1.82, 2.24) is 4.90 Å². The maximum absolute atomic E-state index is 6.03. The van der Waals surface area contributed by atoms with Gasteiger partial charge in [-0.3, -0.25) is 4.90 Å². The second-order valence-corrected chi connectivity index (χ2v) is 6.37. The van der Waals surface area contributed by atoms with Crippen molar-refractivity contribution in [3.63, 3.8) is 0 Å². The minimum absolute atomic E-state index is 0.790. The van der Waals surface area contributed by atoms with Gasteiger partial charge in [-0.1, -0.05) is 78.9 Å². The zero-order valence-corrected chi connectivity index (χ0v) is 14.1. The Balaban J connectivity index is 1.57. The molecule has 0 unspecified atom stereocenters. The first-order valence-electron chi connectivity index (χ1n) is 8.64. The lowest BCUT2D eigenvalue weighted by Crippen LogP contribution is -2.22. The van der Waals surface area contributed by atoms with Gasteiger partial charge in [0.25, 0.3) is 0 Å². The molecule has 2 heteroatoms. The molecule has 0 saturated carbocycles. The molecule has 0 aliphatic heterocycles. The highest BCUT2D eigenvalue weighted by molar-refractivity contribution is 5.77. The summed E-state index contributed by atoms with van der Waals surface area (Å²) in [6.45, 7) is 2.58. The molecule has 0 radical (unpaired) electrons. The van der Waals surface area contributed by atoms with Crippen LogP contribution in [0, 0.1) is 0 Å². The van der Waals surface area contributed by atoms with E-state index in [2.05, 4.69) is 77.7 Å². The van der Waals surface area contributed by atoms with Gasteiger partial charge in [0, 0.05) is 18.5 Å². The van der Waals surface area contributed by atoms with Crippen LogP contribution in [-0.2, 0) is 19.6 Å². The van der Waals surface area contributed by atoms with Crippen LogP contribution >= 0.6 is 0 Å². The van der Waals surface area contributed by atoms with E-state index >= 15 is 0 Å². The van der Waals surface area contributed by atoms with Gasteiger partial charge >= 0.3 is 0 Å². The monoisotopic (exact) mass is 327 g/mol. The zero-order chi connectivity index (χ0) is 16.9. The van der Waals surface area contributed by atoms with Gasteiger partial charge in [0.1, 0.15) is 11.3 Å². The maximum atomic E-state index is 6.03. The molecule has 0 aliphatic carbocycles. The quantitative estimate of drug-likeness (QED) is 0.456.